The van der Waals surface area contributed by atoms with Crippen LogP contribution in [-0.2, 0) is 0 Å². The molecule has 0 bridgehead atoms. The zero-order chi connectivity index (χ0) is 10.1. The summed E-state index contributed by atoms with van der Waals surface area (Å²) in [5.41, 5.74) is 2.00. The molecule has 0 aromatic carbocycles. The average Bonchev–Trinajstić information content (AvgIpc) is 2.73. The molecule has 1 nitrogen and oxygen atoms in total. The maximum absolute atomic E-state index is 10.0. The highest BCUT2D eigenvalue weighted by Crippen LogP contribution is 2.29. The van der Waals surface area contributed by atoms with E-state index in [1.54, 1.807) is 22.7 Å². The molecule has 1 atom stereocenters. The van der Waals surface area contributed by atoms with Gasteiger partial charge in [-0.3, -0.25) is 0 Å². The number of hydrogen-bond donors (Lipinski definition) is 1. The monoisotopic (exact) mass is 336 g/mol. The Balaban J connectivity index is 2.28. The molecule has 74 valence electrons. The van der Waals surface area contributed by atoms with Crippen molar-refractivity contribution in [3.8, 4) is 0 Å². The normalized spacial score (nSPS) is 13.1. The molecule has 1 unspecified atom stereocenters. The zero-order valence-electron chi connectivity index (χ0n) is 7.53. The van der Waals surface area contributed by atoms with Crippen LogP contribution in [0.5, 0.6) is 0 Å². The van der Waals surface area contributed by atoms with Crippen LogP contribution in [0.2, 0.25) is 0 Å². The van der Waals surface area contributed by atoms with E-state index < -0.39 is 6.10 Å². The maximum atomic E-state index is 10.0. The molecule has 2 rings (SSSR count). The van der Waals surface area contributed by atoms with Gasteiger partial charge in [-0.1, -0.05) is 0 Å². The van der Waals surface area contributed by atoms with Crippen molar-refractivity contribution in [1.82, 2.24) is 0 Å². The zero-order valence-corrected chi connectivity index (χ0v) is 11.3. The van der Waals surface area contributed by atoms with E-state index in [1.807, 2.05) is 22.9 Å². The summed E-state index contributed by atoms with van der Waals surface area (Å²) in [4.78, 5) is 1.24. The first-order valence-electron chi connectivity index (χ1n) is 4.14. The smallest absolute Gasteiger partial charge is 0.106 e. The van der Waals surface area contributed by atoms with E-state index in [9.17, 15) is 5.11 Å². The van der Waals surface area contributed by atoms with Crippen LogP contribution in [0.25, 0.3) is 0 Å². The third-order valence-electron chi connectivity index (χ3n) is 1.97. The Morgan fingerprint density at radius 2 is 1.86 bits per heavy atom. The Kier molecular flexibility index (Phi) is 3.26. The molecule has 0 saturated carbocycles. The third-order valence-corrected chi connectivity index (χ3v) is 4.66. The van der Waals surface area contributed by atoms with Crippen molar-refractivity contribution in [2.24, 2.45) is 0 Å². The van der Waals surface area contributed by atoms with E-state index in [0.29, 0.717) is 0 Å². The summed E-state index contributed by atoms with van der Waals surface area (Å²) in [7, 11) is 0. The maximum Gasteiger partial charge on any atom is 0.106 e. The molecule has 2 aromatic rings. The first-order valence-corrected chi connectivity index (χ1v) is 6.97. The van der Waals surface area contributed by atoms with Crippen LogP contribution in [-0.4, -0.2) is 5.11 Å². The second-order valence-electron chi connectivity index (χ2n) is 3.08. The first kappa shape index (κ1) is 10.6. The van der Waals surface area contributed by atoms with Gasteiger partial charge in [0, 0.05) is 4.88 Å². The molecule has 1 N–H and O–H groups in total. The van der Waals surface area contributed by atoms with Gasteiger partial charge in [-0.15, -0.1) is 22.7 Å². The molecule has 0 saturated heterocycles. The lowest BCUT2D eigenvalue weighted by molar-refractivity contribution is 0.221. The minimum atomic E-state index is -0.459. The van der Waals surface area contributed by atoms with Gasteiger partial charge < -0.3 is 5.11 Å². The average molecular weight is 336 g/mol. The molecule has 4 heteroatoms. The van der Waals surface area contributed by atoms with Crippen LogP contribution in [0.4, 0.5) is 0 Å². The van der Waals surface area contributed by atoms with Gasteiger partial charge in [0.25, 0.3) is 0 Å². The summed E-state index contributed by atoms with van der Waals surface area (Å²) in [6.07, 6.45) is -0.459. The summed E-state index contributed by atoms with van der Waals surface area (Å²) >= 11 is 5.61. The van der Waals surface area contributed by atoms with Crippen molar-refractivity contribution >= 4 is 45.3 Å². The van der Waals surface area contributed by atoms with Crippen LogP contribution in [0.3, 0.4) is 0 Å². The van der Waals surface area contributed by atoms with Crippen LogP contribution in [0.1, 0.15) is 22.1 Å². The van der Waals surface area contributed by atoms with Crippen molar-refractivity contribution in [1.29, 1.82) is 0 Å². The largest absolute Gasteiger partial charge is 0.384 e. The van der Waals surface area contributed by atoms with Gasteiger partial charge in [0.05, 0.1) is 2.88 Å². The van der Waals surface area contributed by atoms with Gasteiger partial charge in [-0.2, -0.15) is 0 Å². The lowest BCUT2D eigenvalue weighted by Crippen LogP contribution is -1.95. The molecular weight excluding hydrogens is 327 g/mol. The van der Waals surface area contributed by atoms with Gasteiger partial charge in [-0.05, 0) is 63.5 Å². The summed E-state index contributed by atoms with van der Waals surface area (Å²) in [6.45, 7) is 2.05. The second kappa shape index (κ2) is 4.30. The first-order chi connectivity index (χ1) is 6.66. The van der Waals surface area contributed by atoms with Crippen LogP contribution in [0, 0.1) is 9.81 Å². The summed E-state index contributed by atoms with van der Waals surface area (Å²) in [5.74, 6) is 0. The minimum Gasteiger partial charge on any atom is -0.384 e. The highest BCUT2D eigenvalue weighted by Gasteiger charge is 2.12. The second-order valence-corrected chi connectivity index (χ2v) is 7.00. The topological polar surface area (TPSA) is 20.2 Å². The SMILES string of the molecule is Cc1cc(C(O)c2csc(I)c2)cs1. The number of thiophene rings is 2. The standard InChI is InChI=1S/C10H9IOS2/c1-6-2-7(4-13-6)10(12)8-3-9(11)14-5-8/h2-5,10,12H,1H3. The fourth-order valence-corrected chi connectivity index (χ4v) is 3.38. The Bertz CT molecular complexity index is 393. The molecule has 14 heavy (non-hydrogen) atoms. The van der Waals surface area contributed by atoms with Gasteiger partial charge in [0.2, 0.25) is 0 Å². The predicted octanol–water partition coefficient (Wildman–Crippen LogP) is 3.80. The number of halogens is 1. The molecule has 0 radical (unpaired) electrons. The number of rotatable bonds is 2. The Morgan fingerprint density at radius 3 is 2.36 bits per heavy atom. The van der Waals surface area contributed by atoms with Crippen LogP contribution in [0.15, 0.2) is 22.9 Å². The molecule has 0 amide bonds. The number of aliphatic hydroxyl groups is 1. The summed E-state index contributed by atoms with van der Waals surface area (Å²) < 4.78 is 1.21. The van der Waals surface area contributed by atoms with E-state index in [4.69, 9.17) is 0 Å². The van der Waals surface area contributed by atoms with Crippen molar-refractivity contribution < 1.29 is 5.11 Å². The van der Waals surface area contributed by atoms with Gasteiger partial charge in [0.15, 0.2) is 0 Å². The molecule has 0 spiro atoms. The highest BCUT2D eigenvalue weighted by molar-refractivity contribution is 14.1. The predicted molar refractivity (Wildman–Crippen MR) is 70.2 cm³/mol. The van der Waals surface area contributed by atoms with Gasteiger partial charge >= 0.3 is 0 Å². The van der Waals surface area contributed by atoms with E-state index in [1.165, 1.54) is 7.76 Å². The number of hydrogen-bond acceptors (Lipinski definition) is 3. The molecule has 2 heterocycles. The van der Waals surface area contributed by atoms with Crippen LogP contribution < -0.4 is 0 Å². The highest BCUT2D eigenvalue weighted by atomic mass is 127. The number of aliphatic hydroxyl groups excluding tert-OH is 1. The summed E-state index contributed by atoms with van der Waals surface area (Å²) in [6, 6.07) is 4.07. The fraction of sp³-hybridized carbons (Fsp3) is 0.200. The molecule has 0 aliphatic rings. The molecule has 0 aliphatic heterocycles. The van der Waals surface area contributed by atoms with Gasteiger partial charge in [0.1, 0.15) is 6.10 Å². The van der Waals surface area contributed by atoms with E-state index in [0.717, 1.165) is 11.1 Å². The molecule has 2 aromatic heterocycles. The lowest BCUT2D eigenvalue weighted by atomic mass is 10.1. The number of aryl methyl sites for hydroxylation is 1. The van der Waals surface area contributed by atoms with Crippen molar-refractivity contribution in [2.45, 2.75) is 13.0 Å². The third kappa shape index (κ3) is 2.18. The Labute approximate surface area is 105 Å². The quantitative estimate of drug-likeness (QED) is 0.827. The van der Waals surface area contributed by atoms with Gasteiger partial charge in [-0.25, -0.2) is 0 Å². The fourth-order valence-electron chi connectivity index (χ4n) is 1.27. The molecule has 0 fully saturated rings. The van der Waals surface area contributed by atoms with E-state index in [2.05, 4.69) is 29.5 Å². The Hall–Kier alpha value is 0.0900. The van der Waals surface area contributed by atoms with Crippen molar-refractivity contribution in [3.05, 3.63) is 41.8 Å². The van der Waals surface area contributed by atoms with E-state index in [-0.39, 0.29) is 0 Å². The van der Waals surface area contributed by atoms with Crippen LogP contribution >= 0.6 is 45.3 Å². The van der Waals surface area contributed by atoms with Crippen molar-refractivity contribution in [3.63, 3.8) is 0 Å². The minimum absolute atomic E-state index is 0.459. The molecular formula is C10H9IOS2. The molecule has 0 aliphatic carbocycles. The Morgan fingerprint density at radius 1 is 1.21 bits per heavy atom. The van der Waals surface area contributed by atoms with E-state index >= 15 is 0 Å². The van der Waals surface area contributed by atoms with Crippen molar-refractivity contribution in [2.75, 3.05) is 0 Å². The lowest BCUT2D eigenvalue weighted by Gasteiger charge is -2.05. The summed E-state index contributed by atoms with van der Waals surface area (Å²) in [5, 5.41) is 14.1.